The second kappa shape index (κ2) is 8.29. The number of carbonyl (C=O) groups excluding carboxylic acids is 4. The van der Waals surface area contributed by atoms with E-state index in [-0.39, 0.29) is 16.7 Å². The van der Waals surface area contributed by atoms with Crippen molar-refractivity contribution >= 4 is 45.7 Å². The molecule has 168 valence electrons. The highest BCUT2D eigenvalue weighted by atomic mass is 32.1. The summed E-state index contributed by atoms with van der Waals surface area (Å²) in [6, 6.07) is 9.97. The predicted octanol–water partition coefficient (Wildman–Crippen LogP) is 4.82. The van der Waals surface area contributed by atoms with E-state index in [1.807, 2.05) is 32.9 Å². The number of anilines is 2. The van der Waals surface area contributed by atoms with Gasteiger partial charge in [-0.05, 0) is 68.7 Å². The van der Waals surface area contributed by atoms with Crippen LogP contribution in [0.5, 0.6) is 0 Å². The van der Waals surface area contributed by atoms with Crippen LogP contribution in [-0.4, -0.2) is 30.8 Å². The first-order chi connectivity index (χ1) is 15.6. The third-order valence-electron chi connectivity index (χ3n) is 5.76. The van der Waals surface area contributed by atoms with Crippen LogP contribution in [0.25, 0.3) is 0 Å². The van der Waals surface area contributed by atoms with E-state index in [1.54, 1.807) is 13.0 Å². The number of imide groups is 1. The average molecular weight is 463 g/mol. The molecule has 0 radical (unpaired) electrons. The number of nitrogens with one attached hydrogen (secondary N) is 1. The average Bonchev–Trinajstić information content (AvgIpc) is 3.21. The first kappa shape index (κ1) is 22.4. The predicted molar refractivity (Wildman–Crippen MR) is 127 cm³/mol. The molecule has 0 bridgehead atoms. The van der Waals surface area contributed by atoms with Gasteiger partial charge in [-0.3, -0.25) is 14.4 Å². The van der Waals surface area contributed by atoms with Crippen molar-refractivity contribution in [3.63, 3.8) is 0 Å². The van der Waals surface area contributed by atoms with Crippen LogP contribution in [0.1, 0.15) is 63.0 Å². The zero-order valence-electron chi connectivity index (χ0n) is 18.9. The van der Waals surface area contributed by atoms with Gasteiger partial charge in [-0.1, -0.05) is 12.1 Å². The van der Waals surface area contributed by atoms with Gasteiger partial charge in [0, 0.05) is 10.4 Å². The van der Waals surface area contributed by atoms with E-state index in [0.717, 1.165) is 26.5 Å². The maximum Gasteiger partial charge on any atom is 0.341 e. The Balaban J connectivity index is 1.67. The highest BCUT2D eigenvalue weighted by Gasteiger charge is 2.38. The first-order valence-corrected chi connectivity index (χ1v) is 11.1. The van der Waals surface area contributed by atoms with E-state index in [0.29, 0.717) is 16.3 Å². The lowest BCUT2D eigenvalue weighted by Gasteiger charge is -2.17. The summed E-state index contributed by atoms with van der Waals surface area (Å²) in [5.74, 6) is -1.93. The van der Waals surface area contributed by atoms with Gasteiger partial charge in [0.05, 0.1) is 29.5 Å². The fourth-order valence-electron chi connectivity index (χ4n) is 3.80. The molecule has 1 N–H and O–H groups in total. The summed E-state index contributed by atoms with van der Waals surface area (Å²) in [6.45, 7) is 7.36. The van der Waals surface area contributed by atoms with Crippen molar-refractivity contribution in [2.45, 2.75) is 27.7 Å². The number of benzene rings is 2. The van der Waals surface area contributed by atoms with Crippen LogP contribution in [0.2, 0.25) is 0 Å². The second-order valence-corrected chi connectivity index (χ2v) is 9.15. The summed E-state index contributed by atoms with van der Waals surface area (Å²) in [7, 11) is 1.28. The lowest BCUT2D eigenvalue weighted by molar-refractivity contribution is 0.0601. The molecule has 33 heavy (non-hydrogen) atoms. The number of thiophene rings is 1. The smallest absolute Gasteiger partial charge is 0.341 e. The van der Waals surface area contributed by atoms with Gasteiger partial charge < -0.3 is 10.1 Å². The summed E-state index contributed by atoms with van der Waals surface area (Å²) in [5, 5.41) is 3.13. The van der Waals surface area contributed by atoms with Gasteiger partial charge in [0.15, 0.2) is 0 Å². The molecule has 0 spiro atoms. The van der Waals surface area contributed by atoms with Crippen molar-refractivity contribution in [1.82, 2.24) is 0 Å². The summed E-state index contributed by atoms with van der Waals surface area (Å²) in [4.78, 5) is 53.3. The standard InChI is InChI=1S/C25H22N2O5S/c1-12-6-7-13(2)19(10-12)27-23(29)17-9-8-16(11-18(17)24(27)30)21(28)26-22-20(25(31)32-5)14(3)15(4)33-22/h6-11H,1-5H3,(H,26,28). The van der Waals surface area contributed by atoms with E-state index in [4.69, 9.17) is 4.74 Å². The summed E-state index contributed by atoms with van der Waals surface area (Å²) >= 11 is 1.27. The molecule has 2 heterocycles. The van der Waals surface area contributed by atoms with Crippen molar-refractivity contribution in [1.29, 1.82) is 0 Å². The van der Waals surface area contributed by atoms with Crippen LogP contribution >= 0.6 is 11.3 Å². The molecule has 4 rings (SSSR count). The van der Waals surface area contributed by atoms with Gasteiger partial charge in [0.25, 0.3) is 17.7 Å². The Hall–Kier alpha value is -3.78. The third-order valence-corrected chi connectivity index (χ3v) is 6.88. The van der Waals surface area contributed by atoms with E-state index < -0.39 is 23.7 Å². The number of fused-ring (bicyclic) bond motifs is 1. The molecule has 0 saturated carbocycles. The van der Waals surface area contributed by atoms with Crippen LogP contribution in [0, 0.1) is 27.7 Å². The molecule has 7 nitrogen and oxygen atoms in total. The minimum Gasteiger partial charge on any atom is -0.465 e. The van der Waals surface area contributed by atoms with E-state index in [2.05, 4.69) is 5.32 Å². The van der Waals surface area contributed by atoms with Crippen molar-refractivity contribution in [2.24, 2.45) is 0 Å². The Morgan fingerprint density at radius 2 is 1.64 bits per heavy atom. The normalized spacial score (nSPS) is 12.7. The summed E-state index contributed by atoms with van der Waals surface area (Å²) < 4.78 is 4.85. The lowest BCUT2D eigenvalue weighted by Crippen LogP contribution is -2.30. The lowest BCUT2D eigenvalue weighted by atomic mass is 10.1. The molecule has 0 saturated heterocycles. The highest BCUT2D eigenvalue weighted by Crippen LogP contribution is 2.34. The number of carbonyl (C=O) groups is 4. The van der Waals surface area contributed by atoms with Gasteiger partial charge in [0.1, 0.15) is 5.00 Å². The van der Waals surface area contributed by atoms with Crippen LogP contribution in [0.3, 0.4) is 0 Å². The molecule has 1 aliphatic rings. The number of hydrogen-bond donors (Lipinski definition) is 1. The number of ether oxygens (including phenoxy) is 1. The SMILES string of the molecule is COC(=O)c1c(NC(=O)c2ccc3c(c2)C(=O)N(c2cc(C)ccc2C)C3=O)sc(C)c1C. The molecule has 1 aromatic heterocycles. The van der Waals surface area contributed by atoms with Crippen molar-refractivity contribution in [2.75, 3.05) is 17.3 Å². The summed E-state index contributed by atoms with van der Waals surface area (Å²) in [6.07, 6.45) is 0. The number of aryl methyl sites for hydroxylation is 3. The van der Waals surface area contributed by atoms with Crippen molar-refractivity contribution in [3.8, 4) is 0 Å². The van der Waals surface area contributed by atoms with Crippen LogP contribution in [0.15, 0.2) is 36.4 Å². The molecule has 0 atom stereocenters. The summed E-state index contributed by atoms with van der Waals surface area (Å²) in [5.41, 5.74) is 3.91. The Labute approximate surface area is 195 Å². The number of methoxy groups -OCH3 is 1. The fraction of sp³-hybridized carbons (Fsp3) is 0.200. The number of rotatable bonds is 4. The van der Waals surface area contributed by atoms with Gasteiger partial charge >= 0.3 is 5.97 Å². The molecular formula is C25H22N2O5S. The molecule has 0 fully saturated rings. The van der Waals surface area contributed by atoms with Crippen molar-refractivity contribution in [3.05, 3.63) is 80.2 Å². The largest absolute Gasteiger partial charge is 0.465 e. The quantitative estimate of drug-likeness (QED) is 0.443. The van der Waals surface area contributed by atoms with Gasteiger partial charge in [-0.2, -0.15) is 0 Å². The molecule has 3 amide bonds. The molecule has 2 aromatic carbocycles. The van der Waals surface area contributed by atoms with Gasteiger partial charge in [0.2, 0.25) is 0 Å². The minimum atomic E-state index is -0.536. The molecule has 0 unspecified atom stereocenters. The fourth-order valence-corrected chi connectivity index (χ4v) is 4.84. The highest BCUT2D eigenvalue weighted by molar-refractivity contribution is 7.16. The number of esters is 1. The van der Waals surface area contributed by atoms with Crippen LogP contribution in [-0.2, 0) is 4.74 Å². The molecule has 0 aliphatic carbocycles. The van der Waals surface area contributed by atoms with Gasteiger partial charge in [-0.25, -0.2) is 9.69 Å². The number of hydrogen-bond acceptors (Lipinski definition) is 6. The van der Waals surface area contributed by atoms with Gasteiger partial charge in [-0.15, -0.1) is 11.3 Å². The monoisotopic (exact) mass is 462 g/mol. The van der Waals surface area contributed by atoms with E-state index in [9.17, 15) is 19.2 Å². The molecular weight excluding hydrogens is 440 g/mol. The van der Waals surface area contributed by atoms with Crippen LogP contribution < -0.4 is 10.2 Å². The first-order valence-electron chi connectivity index (χ1n) is 10.2. The molecule has 8 heteroatoms. The third kappa shape index (κ3) is 3.72. The maximum absolute atomic E-state index is 13.1. The Morgan fingerprint density at radius 3 is 2.33 bits per heavy atom. The Bertz CT molecular complexity index is 1360. The van der Waals surface area contributed by atoms with E-state index in [1.165, 1.54) is 36.6 Å². The van der Waals surface area contributed by atoms with Crippen molar-refractivity contribution < 1.29 is 23.9 Å². The molecule has 1 aliphatic heterocycles. The number of amides is 3. The minimum absolute atomic E-state index is 0.167. The zero-order chi connectivity index (χ0) is 24.0. The Kier molecular flexibility index (Phi) is 5.63. The topological polar surface area (TPSA) is 92.8 Å². The molecule has 3 aromatic rings. The maximum atomic E-state index is 13.1. The zero-order valence-corrected chi connectivity index (χ0v) is 19.7. The Morgan fingerprint density at radius 1 is 0.939 bits per heavy atom. The second-order valence-electron chi connectivity index (χ2n) is 7.93. The number of nitrogens with zero attached hydrogens (tertiary/aromatic N) is 1. The van der Waals surface area contributed by atoms with E-state index >= 15 is 0 Å². The van der Waals surface area contributed by atoms with Crippen LogP contribution in [0.4, 0.5) is 10.7 Å².